The predicted molar refractivity (Wildman–Crippen MR) is 114 cm³/mol. The van der Waals surface area contributed by atoms with E-state index in [0.717, 1.165) is 11.8 Å². The number of methoxy groups -OCH3 is 1. The summed E-state index contributed by atoms with van der Waals surface area (Å²) in [4.78, 5) is 12.7. The van der Waals surface area contributed by atoms with Gasteiger partial charge < -0.3 is 19.5 Å². The van der Waals surface area contributed by atoms with E-state index < -0.39 is 22.0 Å². The number of anilines is 1. The third-order valence-corrected chi connectivity index (χ3v) is 5.63. The minimum Gasteiger partial charge on any atom is -0.493 e. The summed E-state index contributed by atoms with van der Waals surface area (Å²) in [6, 6.07) is 12.2. The Labute approximate surface area is 176 Å². The summed E-state index contributed by atoms with van der Waals surface area (Å²) in [5, 5.41) is 2.80. The van der Waals surface area contributed by atoms with Crippen LogP contribution in [0, 0.1) is 0 Å². The molecule has 8 nitrogen and oxygen atoms in total. The van der Waals surface area contributed by atoms with Crippen molar-refractivity contribution in [1.82, 2.24) is 5.32 Å². The number of nitrogens with zero attached hydrogens (tertiary/aromatic N) is 1. The minimum absolute atomic E-state index is 0.00794. The largest absolute Gasteiger partial charge is 0.493 e. The third-order valence-electron chi connectivity index (χ3n) is 4.49. The molecule has 0 saturated carbocycles. The smallest absolute Gasteiger partial charge is 0.263 e. The molecule has 0 unspecified atom stereocenters. The molecule has 162 valence electrons. The molecule has 3 rings (SSSR count). The number of sulfonamides is 1. The standard InChI is InChI=1S/C21H26N2O6S/c1-14(2)28-18-10-9-15(11-19(18)27-3)12-22-21(24)20-13-23(30(4,25)26)16-7-5-6-8-17(16)29-20/h5-11,14,20H,12-13H2,1-4H3,(H,22,24)/t20-/m1/s1. The molecule has 1 atom stereocenters. The van der Waals surface area contributed by atoms with Crippen LogP contribution in [-0.2, 0) is 21.4 Å². The van der Waals surface area contributed by atoms with Gasteiger partial charge >= 0.3 is 0 Å². The van der Waals surface area contributed by atoms with Gasteiger partial charge in [0.2, 0.25) is 10.0 Å². The molecule has 2 aromatic rings. The van der Waals surface area contributed by atoms with Crippen molar-refractivity contribution in [3.8, 4) is 17.2 Å². The van der Waals surface area contributed by atoms with Crippen LogP contribution in [0.25, 0.3) is 0 Å². The zero-order chi connectivity index (χ0) is 21.9. The first-order chi connectivity index (χ1) is 14.2. The van der Waals surface area contributed by atoms with Crippen molar-refractivity contribution in [3.63, 3.8) is 0 Å². The van der Waals surface area contributed by atoms with E-state index in [1.54, 1.807) is 43.5 Å². The SMILES string of the molecule is COc1cc(CNC(=O)[C@H]2CN(S(C)(=O)=O)c3ccccc3O2)ccc1OC(C)C. The van der Waals surface area contributed by atoms with Crippen molar-refractivity contribution in [3.05, 3.63) is 48.0 Å². The van der Waals surface area contributed by atoms with Crippen LogP contribution in [0.15, 0.2) is 42.5 Å². The van der Waals surface area contributed by atoms with E-state index >= 15 is 0 Å². The number of fused-ring (bicyclic) bond motifs is 1. The van der Waals surface area contributed by atoms with Crippen LogP contribution in [0.5, 0.6) is 17.2 Å². The predicted octanol–water partition coefficient (Wildman–Crippen LogP) is 2.33. The Balaban J connectivity index is 1.71. The number of benzene rings is 2. The summed E-state index contributed by atoms with van der Waals surface area (Å²) < 4.78 is 42.4. The molecule has 2 aromatic carbocycles. The number of hydrogen-bond acceptors (Lipinski definition) is 6. The Bertz CT molecular complexity index is 1020. The Morgan fingerprint density at radius 3 is 2.63 bits per heavy atom. The first-order valence-corrected chi connectivity index (χ1v) is 11.4. The van der Waals surface area contributed by atoms with Gasteiger partial charge in [-0.2, -0.15) is 0 Å². The van der Waals surface area contributed by atoms with E-state index in [4.69, 9.17) is 14.2 Å². The lowest BCUT2D eigenvalue weighted by atomic mass is 10.2. The average Bonchev–Trinajstić information content (AvgIpc) is 2.70. The number of nitrogens with one attached hydrogen (secondary N) is 1. The summed E-state index contributed by atoms with van der Waals surface area (Å²) >= 11 is 0. The highest BCUT2D eigenvalue weighted by Gasteiger charge is 2.34. The number of carbonyl (C=O) groups excluding carboxylic acids is 1. The molecule has 30 heavy (non-hydrogen) atoms. The molecule has 0 aromatic heterocycles. The van der Waals surface area contributed by atoms with Crippen LogP contribution in [0.2, 0.25) is 0 Å². The fourth-order valence-electron chi connectivity index (χ4n) is 3.13. The zero-order valence-corrected chi connectivity index (χ0v) is 18.2. The minimum atomic E-state index is -3.55. The Hall–Kier alpha value is -2.94. The van der Waals surface area contributed by atoms with Crippen molar-refractivity contribution in [2.75, 3.05) is 24.2 Å². The topological polar surface area (TPSA) is 94.2 Å². The number of hydrogen-bond donors (Lipinski definition) is 1. The van der Waals surface area contributed by atoms with Crippen molar-refractivity contribution < 1.29 is 27.4 Å². The van der Waals surface area contributed by atoms with Gasteiger partial charge in [0.1, 0.15) is 5.75 Å². The molecule has 0 spiro atoms. The maximum absolute atomic E-state index is 12.7. The first-order valence-electron chi connectivity index (χ1n) is 9.53. The normalized spacial score (nSPS) is 15.9. The van der Waals surface area contributed by atoms with Gasteiger partial charge in [-0.3, -0.25) is 9.10 Å². The van der Waals surface area contributed by atoms with Crippen molar-refractivity contribution in [1.29, 1.82) is 0 Å². The summed E-state index contributed by atoms with van der Waals surface area (Å²) in [6.45, 7) is 4.00. The second-order valence-electron chi connectivity index (χ2n) is 7.24. The van der Waals surface area contributed by atoms with E-state index in [0.29, 0.717) is 22.9 Å². The number of rotatable bonds is 7. The molecule has 1 aliphatic heterocycles. The molecule has 1 amide bonds. The van der Waals surface area contributed by atoms with Crippen molar-refractivity contribution in [2.24, 2.45) is 0 Å². The van der Waals surface area contributed by atoms with E-state index in [9.17, 15) is 13.2 Å². The van der Waals surface area contributed by atoms with E-state index in [-0.39, 0.29) is 19.2 Å². The van der Waals surface area contributed by atoms with Gasteiger partial charge in [-0.1, -0.05) is 18.2 Å². The molecule has 9 heteroatoms. The number of ether oxygens (including phenoxy) is 3. The van der Waals surface area contributed by atoms with E-state index in [2.05, 4.69) is 5.32 Å². The fraction of sp³-hybridized carbons (Fsp3) is 0.381. The van der Waals surface area contributed by atoms with Gasteiger partial charge in [0, 0.05) is 6.54 Å². The summed E-state index contributed by atoms with van der Waals surface area (Å²) in [7, 11) is -2.00. The van der Waals surface area contributed by atoms with Crippen LogP contribution in [0.3, 0.4) is 0 Å². The average molecular weight is 435 g/mol. The fourth-order valence-corrected chi connectivity index (χ4v) is 4.04. The van der Waals surface area contributed by atoms with E-state index in [1.807, 2.05) is 19.9 Å². The maximum atomic E-state index is 12.7. The number of carbonyl (C=O) groups is 1. The second-order valence-corrected chi connectivity index (χ2v) is 9.14. The van der Waals surface area contributed by atoms with Crippen LogP contribution in [-0.4, -0.2) is 46.4 Å². The summed E-state index contributed by atoms with van der Waals surface area (Å²) in [6.07, 6.45) is 0.158. The lowest BCUT2D eigenvalue weighted by Gasteiger charge is -2.33. The Morgan fingerprint density at radius 2 is 1.97 bits per heavy atom. The van der Waals surface area contributed by atoms with Gasteiger partial charge in [-0.25, -0.2) is 8.42 Å². The van der Waals surface area contributed by atoms with Crippen LogP contribution >= 0.6 is 0 Å². The van der Waals surface area contributed by atoms with Crippen LogP contribution in [0.1, 0.15) is 19.4 Å². The second kappa shape index (κ2) is 8.83. The van der Waals surface area contributed by atoms with Crippen molar-refractivity contribution in [2.45, 2.75) is 32.6 Å². The van der Waals surface area contributed by atoms with Gasteiger partial charge in [0.15, 0.2) is 17.6 Å². The van der Waals surface area contributed by atoms with Gasteiger partial charge in [0.05, 0.1) is 31.7 Å². The molecule has 0 bridgehead atoms. The molecule has 0 saturated heterocycles. The first kappa shape index (κ1) is 21.8. The molecule has 1 heterocycles. The maximum Gasteiger partial charge on any atom is 0.263 e. The van der Waals surface area contributed by atoms with Crippen LogP contribution in [0.4, 0.5) is 5.69 Å². The highest BCUT2D eigenvalue weighted by atomic mass is 32.2. The zero-order valence-electron chi connectivity index (χ0n) is 17.4. The lowest BCUT2D eigenvalue weighted by molar-refractivity contribution is -0.127. The monoisotopic (exact) mass is 434 g/mol. The Kier molecular flexibility index (Phi) is 6.40. The summed E-state index contributed by atoms with van der Waals surface area (Å²) in [5.41, 5.74) is 1.24. The van der Waals surface area contributed by atoms with Gasteiger partial charge in [0.25, 0.3) is 5.91 Å². The van der Waals surface area contributed by atoms with E-state index in [1.165, 1.54) is 4.31 Å². The summed E-state index contributed by atoms with van der Waals surface area (Å²) in [5.74, 6) is 1.14. The third kappa shape index (κ3) is 4.96. The molecule has 1 N–H and O–H groups in total. The number of amides is 1. The Morgan fingerprint density at radius 1 is 1.23 bits per heavy atom. The van der Waals surface area contributed by atoms with Crippen LogP contribution < -0.4 is 23.8 Å². The lowest BCUT2D eigenvalue weighted by Crippen LogP contribution is -2.50. The number of para-hydroxylation sites is 2. The van der Waals surface area contributed by atoms with Gasteiger partial charge in [-0.15, -0.1) is 0 Å². The molecular weight excluding hydrogens is 408 g/mol. The molecule has 0 fully saturated rings. The van der Waals surface area contributed by atoms with Gasteiger partial charge in [-0.05, 0) is 43.7 Å². The molecule has 0 radical (unpaired) electrons. The highest BCUT2D eigenvalue weighted by Crippen LogP contribution is 2.34. The molecule has 1 aliphatic rings. The molecular formula is C21H26N2O6S. The molecule has 0 aliphatic carbocycles. The van der Waals surface area contributed by atoms with Crippen molar-refractivity contribution >= 4 is 21.6 Å². The quantitative estimate of drug-likeness (QED) is 0.719. The highest BCUT2D eigenvalue weighted by molar-refractivity contribution is 7.92.